The van der Waals surface area contributed by atoms with Gasteiger partial charge in [-0.1, -0.05) is 20.8 Å². The predicted octanol–water partition coefficient (Wildman–Crippen LogP) is 2.46. The summed E-state index contributed by atoms with van der Waals surface area (Å²) in [5.41, 5.74) is 0.131. The zero-order valence-electron chi connectivity index (χ0n) is 12.2. The number of anilines is 2. The van der Waals surface area contributed by atoms with Crippen molar-refractivity contribution < 1.29 is 0 Å². The topological polar surface area (TPSA) is 45.2 Å². The Hall–Kier alpha value is -1.10. The summed E-state index contributed by atoms with van der Waals surface area (Å²) in [6, 6.07) is 0.283. The second kappa shape index (κ2) is 5.26. The van der Waals surface area contributed by atoms with Crippen LogP contribution in [0, 0.1) is 5.41 Å². The van der Waals surface area contributed by atoms with E-state index >= 15 is 0 Å². The lowest BCUT2D eigenvalue weighted by molar-refractivity contribution is 0.327. The molecule has 0 aliphatic heterocycles. The summed E-state index contributed by atoms with van der Waals surface area (Å²) < 4.78 is 0. The minimum absolute atomic E-state index is 0.131. The SMILES string of the molecule is CC(N(C)c1nc(Cl)nc(N(C)C)n1)C(C)(C)C. The van der Waals surface area contributed by atoms with E-state index in [1.807, 2.05) is 30.9 Å². The highest BCUT2D eigenvalue weighted by Gasteiger charge is 2.26. The summed E-state index contributed by atoms with van der Waals surface area (Å²) in [4.78, 5) is 16.5. The van der Waals surface area contributed by atoms with Crippen LogP contribution in [0.5, 0.6) is 0 Å². The largest absolute Gasteiger partial charge is 0.347 e. The van der Waals surface area contributed by atoms with Gasteiger partial charge in [0.2, 0.25) is 17.2 Å². The highest BCUT2D eigenvalue weighted by Crippen LogP contribution is 2.26. The predicted molar refractivity (Wildman–Crippen MR) is 76.5 cm³/mol. The summed E-state index contributed by atoms with van der Waals surface area (Å²) in [6.07, 6.45) is 0. The van der Waals surface area contributed by atoms with Crippen molar-refractivity contribution >= 4 is 23.5 Å². The van der Waals surface area contributed by atoms with Gasteiger partial charge in [-0.25, -0.2) is 0 Å². The molecule has 1 aromatic heterocycles. The van der Waals surface area contributed by atoms with Crippen molar-refractivity contribution in [2.45, 2.75) is 33.7 Å². The molecule has 0 radical (unpaired) electrons. The van der Waals surface area contributed by atoms with E-state index in [1.165, 1.54) is 0 Å². The van der Waals surface area contributed by atoms with Crippen molar-refractivity contribution in [1.29, 1.82) is 0 Å². The van der Waals surface area contributed by atoms with Gasteiger partial charge in [-0.05, 0) is 23.9 Å². The maximum absolute atomic E-state index is 5.94. The Balaban J connectivity index is 3.09. The smallest absolute Gasteiger partial charge is 0.231 e. The Bertz CT molecular complexity index is 413. The molecule has 6 heteroatoms. The molecule has 102 valence electrons. The molecule has 0 N–H and O–H groups in total. The van der Waals surface area contributed by atoms with E-state index in [4.69, 9.17) is 11.6 Å². The fraction of sp³-hybridized carbons (Fsp3) is 0.750. The molecular weight excluding hydrogens is 250 g/mol. The summed E-state index contributed by atoms with van der Waals surface area (Å²) in [5.74, 6) is 1.17. The standard InChI is InChI=1S/C12H22ClN5/c1-8(12(2,3)4)18(7)11-15-9(13)14-10(16-11)17(5)6/h8H,1-7H3. The molecule has 0 aliphatic rings. The van der Waals surface area contributed by atoms with Gasteiger partial charge in [0.15, 0.2) is 0 Å². The molecule has 0 fully saturated rings. The number of halogens is 1. The Morgan fingerprint density at radius 2 is 1.50 bits per heavy atom. The average molecular weight is 272 g/mol. The minimum atomic E-state index is 0.131. The van der Waals surface area contributed by atoms with E-state index in [0.717, 1.165) is 0 Å². The Kier molecular flexibility index (Phi) is 4.37. The van der Waals surface area contributed by atoms with Crippen molar-refractivity contribution in [3.8, 4) is 0 Å². The van der Waals surface area contributed by atoms with Gasteiger partial charge in [-0.3, -0.25) is 0 Å². The first-order valence-corrected chi connectivity index (χ1v) is 6.32. The number of aromatic nitrogens is 3. The fourth-order valence-electron chi connectivity index (χ4n) is 1.44. The average Bonchev–Trinajstić information content (AvgIpc) is 2.24. The minimum Gasteiger partial charge on any atom is -0.347 e. The maximum atomic E-state index is 5.94. The zero-order valence-corrected chi connectivity index (χ0v) is 12.9. The summed E-state index contributed by atoms with van der Waals surface area (Å²) >= 11 is 5.94. The summed E-state index contributed by atoms with van der Waals surface area (Å²) in [6.45, 7) is 8.70. The van der Waals surface area contributed by atoms with Crippen LogP contribution in [0.2, 0.25) is 5.28 Å². The van der Waals surface area contributed by atoms with Gasteiger partial charge in [-0.15, -0.1) is 0 Å². The zero-order chi connectivity index (χ0) is 14.1. The molecule has 1 aromatic rings. The van der Waals surface area contributed by atoms with E-state index in [0.29, 0.717) is 11.9 Å². The van der Waals surface area contributed by atoms with Crippen molar-refractivity contribution in [3.05, 3.63) is 5.28 Å². The molecule has 1 atom stereocenters. The van der Waals surface area contributed by atoms with Crippen molar-refractivity contribution in [2.75, 3.05) is 30.9 Å². The first-order valence-electron chi connectivity index (χ1n) is 5.94. The van der Waals surface area contributed by atoms with Gasteiger partial charge in [-0.2, -0.15) is 15.0 Å². The van der Waals surface area contributed by atoms with Crippen LogP contribution in [0.15, 0.2) is 0 Å². The van der Waals surface area contributed by atoms with E-state index in [9.17, 15) is 0 Å². The van der Waals surface area contributed by atoms with Crippen LogP contribution in [-0.2, 0) is 0 Å². The first-order chi connectivity index (χ1) is 8.12. The van der Waals surface area contributed by atoms with Crippen LogP contribution in [0.1, 0.15) is 27.7 Å². The molecule has 1 rings (SSSR count). The van der Waals surface area contributed by atoms with Gasteiger partial charge in [0.25, 0.3) is 0 Å². The van der Waals surface area contributed by atoms with Gasteiger partial charge in [0.05, 0.1) is 0 Å². The second-order valence-electron chi connectivity index (χ2n) is 5.75. The van der Waals surface area contributed by atoms with Crippen LogP contribution in [0.3, 0.4) is 0 Å². The summed E-state index contributed by atoms with van der Waals surface area (Å²) in [7, 11) is 5.73. The Morgan fingerprint density at radius 3 is 1.94 bits per heavy atom. The van der Waals surface area contributed by atoms with Crippen LogP contribution in [0.25, 0.3) is 0 Å². The number of hydrogen-bond acceptors (Lipinski definition) is 5. The lowest BCUT2D eigenvalue weighted by Crippen LogP contribution is -2.40. The molecule has 0 saturated heterocycles. The molecule has 1 unspecified atom stereocenters. The second-order valence-corrected chi connectivity index (χ2v) is 6.09. The van der Waals surface area contributed by atoms with Crippen LogP contribution in [0.4, 0.5) is 11.9 Å². The molecule has 0 aliphatic carbocycles. The lowest BCUT2D eigenvalue weighted by atomic mass is 9.87. The third-order valence-corrected chi connectivity index (χ3v) is 3.30. The van der Waals surface area contributed by atoms with E-state index in [2.05, 4.69) is 42.6 Å². The fourth-order valence-corrected chi connectivity index (χ4v) is 1.59. The lowest BCUT2D eigenvalue weighted by Gasteiger charge is -2.35. The highest BCUT2D eigenvalue weighted by molar-refractivity contribution is 6.28. The third-order valence-electron chi connectivity index (χ3n) is 3.13. The van der Waals surface area contributed by atoms with Gasteiger partial charge >= 0.3 is 0 Å². The molecular formula is C12H22ClN5. The monoisotopic (exact) mass is 271 g/mol. The Labute approximate surface area is 114 Å². The van der Waals surface area contributed by atoms with Gasteiger partial charge < -0.3 is 9.80 Å². The van der Waals surface area contributed by atoms with E-state index in [1.54, 1.807) is 0 Å². The molecule has 5 nitrogen and oxygen atoms in total. The third kappa shape index (κ3) is 3.45. The van der Waals surface area contributed by atoms with Crippen molar-refractivity contribution in [2.24, 2.45) is 5.41 Å². The van der Waals surface area contributed by atoms with Crippen molar-refractivity contribution in [1.82, 2.24) is 15.0 Å². The van der Waals surface area contributed by atoms with Crippen LogP contribution < -0.4 is 9.80 Å². The maximum Gasteiger partial charge on any atom is 0.231 e. The summed E-state index contributed by atoms with van der Waals surface area (Å²) in [5, 5.41) is 0.219. The quantitative estimate of drug-likeness (QED) is 0.845. The van der Waals surface area contributed by atoms with Gasteiger partial charge in [0.1, 0.15) is 0 Å². The number of nitrogens with zero attached hydrogens (tertiary/aromatic N) is 5. The van der Waals surface area contributed by atoms with Crippen LogP contribution in [-0.4, -0.2) is 42.1 Å². The molecule has 0 bridgehead atoms. The molecule has 1 heterocycles. The Morgan fingerprint density at radius 1 is 1.00 bits per heavy atom. The molecule has 0 spiro atoms. The number of rotatable bonds is 3. The van der Waals surface area contributed by atoms with Gasteiger partial charge in [0, 0.05) is 27.2 Å². The highest BCUT2D eigenvalue weighted by atomic mass is 35.5. The first kappa shape index (κ1) is 15.0. The van der Waals surface area contributed by atoms with E-state index in [-0.39, 0.29) is 16.7 Å². The number of hydrogen-bond donors (Lipinski definition) is 0. The molecule has 0 amide bonds. The van der Waals surface area contributed by atoms with Crippen LogP contribution >= 0.6 is 11.6 Å². The molecule has 0 aromatic carbocycles. The molecule has 0 saturated carbocycles. The van der Waals surface area contributed by atoms with E-state index < -0.39 is 0 Å². The molecule has 18 heavy (non-hydrogen) atoms. The normalized spacial score (nSPS) is 13.3. The van der Waals surface area contributed by atoms with Crippen molar-refractivity contribution in [3.63, 3.8) is 0 Å².